The number of aliphatic hydroxyl groups excluding tert-OH is 1. The van der Waals surface area contributed by atoms with Crippen LogP contribution in [0.1, 0.15) is 24.6 Å². The molecule has 1 atom stereocenters. The van der Waals surface area contributed by atoms with Crippen LogP contribution in [0, 0.1) is 0 Å². The Kier molecular flexibility index (Phi) is 2.94. The van der Waals surface area contributed by atoms with Crippen molar-refractivity contribution in [2.75, 3.05) is 6.61 Å². The van der Waals surface area contributed by atoms with Crippen LogP contribution < -0.4 is 0 Å². The van der Waals surface area contributed by atoms with Crippen molar-refractivity contribution < 1.29 is 5.11 Å². The molecule has 0 bridgehead atoms. The molecule has 1 aliphatic heterocycles. The number of aliphatic hydroxyl groups is 1. The second kappa shape index (κ2) is 4.44. The van der Waals surface area contributed by atoms with Crippen LogP contribution in [0.4, 0.5) is 0 Å². The van der Waals surface area contributed by atoms with Gasteiger partial charge in [-0.3, -0.25) is 0 Å². The van der Waals surface area contributed by atoms with Crippen LogP contribution in [0.5, 0.6) is 0 Å². The molecule has 0 fully saturated rings. The Morgan fingerprint density at radius 2 is 2.41 bits per heavy atom. The van der Waals surface area contributed by atoms with E-state index in [1.165, 1.54) is 17.0 Å². The van der Waals surface area contributed by atoms with Crippen LogP contribution in [0.3, 0.4) is 0 Å². The van der Waals surface area contributed by atoms with Gasteiger partial charge in [-0.05, 0) is 31.4 Å². The molecule has 0 spiro atoms. The molecule has 2 aromatic rings. The van der Waals surface area contributed by atoms with Crippen molar-refractivity contribution in [2.24, 2.45) is 0 Å². The lowest BCUT2D eigenvalue weighted by atomic mass is 10.0. The smallest absolute Gasteiger partial charge is 0.150 e. The van der Waals surface area contributed by atoms with Crippen LogP contribution in [0.25, 0.3) is 10.7 Å². The normalized spacial score (nSPS) is 19.3. The fourth-order valence-corrected chi connectivity index (χ4v) is 3.46. The molecule has 0 amide bonds. The molecule has 17 heavy (non-hydrogen) atoms. The van der Waals surface area contributed by atoms with Crippen LogP contribution in [0.2, 0.25) is 4.34 Å². The van der Waals surface area contributed by atoms with Gasteiger partial charge in [0.1, 0.15) is 0 Å². The monoisotopic (exact) mass is 268 g/mol. The van der Waals surface area contributed by atoms with Gasteiger partial charge >= 0.3 is 0 Å². The second-order valence-electron chi connectivity index (χ2n) is 4.28. The van der Waals surface area contributed by atoms with E-state index in [2.05, 4.69) is 9.55 Å². The minimum Gasteiger partial charge on any atom is -0.394 e. The standard InChI is InChI=1S/C12H13ClN2OS/c13-11-5-4-10(17-11)12-14-6-8-2-1-3-9(7-16)15(8)12/h4-6,9,16H,1-3,7H2. The lowest BCUT2D eigenvalue weighted by Crippen LogP contribution is -2.21. The molecule has 3 heterocycles. The first kappa shape index (κ1) is 11.3. The number of rotatable bonds is 2. The predicted molar refractivity (Wildman–Crippen MR) is 69.6 cm³/mol. The van der Waals surface area contributed by atoms with E-state index in [-0.39, 0.29) is 12.6 Å². The van der Waals surface area contributed by atoms with Gasteiger partial charge in [-0.15, -0.1) is 11.3 Å². The van der Waals surface area contributed by atoms with Crippen LogP contribution in [0.15, 0.2) is 18.3 Å². The van der Waals surface area contributed by atoms with Crippen molar-refractivity contribution >= 4 is 22.9 Å². The lowest BCUT2D eigenvalue weighted by Gasteiger charge is -2.25. The molecule has 0 aromatic carbocycles. The average molecular weight is 269 g/mol. The zero-order valence-electron chi connectivity index (χ0n) is 9.27. The molecule has 1 aliphatic rings. The van der Waals surface area contributed by atoms with Gasteiger partial charge in [0.05, 0.1) is 21.9 Å². The number of hydrogen-bond acceptors (Lipinski definition) is 3. The maximum Gasteiger partial charge on any atom is 0.150 e. The quantitative estimate of drug-likeness (QED) is 0.909. The highest BCUT2D eigenvalue weighted by molar-refractivity contribution is 7.19. The SMILES string of the molecule is OCC1CCCc2cnc(-c3ccc(Cl)s3)n21. The third-order valence-corrected chi connectivity index (χ3v) is 4.44. The maximum atomic E-state index is 9.46. The molecule has 0 aliphatic carbocycles. The van der Waals surface area contributed by atoms with Crippen LogP contribution in [-0.2, 0) is 6.42 Å². The Bertz CT molecular complexity index is 534. The minimum atomic E-state index is 0.164. The van der Waals surface area contributed by atoms with Gasteiger partial charge in [0.25, 0.3) is 0 Å². The predicted octanol–water partition coefficient (Wildman–Crippen LogP) is 3.13. The zero-order valence-corrected chi connectivity index (χ0v) is 10.8. The van der Waals surface area contributed by atoms with E-state index in [4.69, 9.17) is 11.6 Å². The fraction of sp³-hybridized carbons (Fsp3) is 0.417. The van der Waals surface area contributed by atoms with Crippen molar-refractivity contribution in [1.82, 2.24) is 9.55 Å². The third kappa shape index (κ3) is 1.90. The molecule has 1 unspecified atom stereocenters. The summed E-state index contributed by atoms with van der Waals surface area (Å²) in [7, 11) is 0. The largest absolute Gasteiger partial charge is 0.394 e. The molecular weight excluding hydrogens is 256 g/mol. The molecule has 3 nitrogen and oxygen atoms in total. The first-order valence-electron chi connectivity index (χ1n) is 5.72. The van der Waals surface area contributed by atoms with Gasteiger partial charge in [0.2, 0.25) is 0 Å². The molecule has 90 valence electrons. The molecule has 0 radical (unpaired) electrons. The Morgan fingerprint density at radius 1 is 1.53 bits per heavy atom. The minimum absolute atomic E-state index is 0.164. The maximum absolute atomic E-state index is 9.46. The van der Waals surface area contributed by atoms with Gasteiger partial charge in [0.15, 0.2) is 5.82 Å². The van der Waals surface area contributed by atoms with Crippen molar-refractivity contribution in [3.8, 4) is 10.7 Å². The van der Waals surface area contributed by atoms with E-state index in [1.807, 2.05) is 18.3 Å². The van der Waals surface area contributed by atoms with Gasteiger partial charge in [-0.25, -0.2) is 4.98 Å². The Labute approximate surface area is 109 Å². The molecule has 0 saturated heterocycles. The summed E-state index contributed by atoms with van der Waals surface area (Å²) in [6, 6.07) is 4.04. The number of fused-ring (bicyclic) bond motifs is 1. The number of thiophene rings is 1. The first-order chi connectivity index (χ1) is 8.29. The molecule has 3 rings (SSSR count). The summed E-state index contributed by atoms with van der Waals surface area (Å²) >= 11 is 7.49. The highest BCUT2D eigenvalue weighted by Crippen LogP contribution is 2.35. The summed E-state index contributed by atoms with van der Waals surface area (Å²) in [5.74, 6) is 0.940. The number of aromatic nitrogens is 2. The first-order valence-corrected chi connectivity index (χ1v) is 6.91. The highest BCUT2D eigenvalue weighted by Gasteiger charge is 2.23. The van der Waals surface area contributed by atoms with E-state index in [1.54, 1.807) is 0 Å². The summed E-state index contributed by atoms with van der Waals surface area (Å²) in [5, 5.41) is 9.46. The summed E-state index contributed by atoms with van der Waals surface area (Å²) in [6.45, 7) is 0.176. The van der Waals surface area contributed by atoms with Crippen LogP contribution in [-0.4, -0.2) is 21.3 Å². The molecule has 1 N–H and O–H groups in total. The molecular formula is C12H13ClN2OS. The second-order valence-corrected chi connectivity index (χ2v) is 5.99. The van der Waals surface area contributed by atoms with E-state index in [0.717, 1.165) is 34.3 Å². The Morgan fingerprint density at radius 3 is 3.12 bits per heavy atom. The van der Waals surface area contributed by atoms with Crippen LogP contribution >= 0.6 is 22.9 Å². The summed E-state index contributed by atoms with van der Waals surface area (Å²) in [5.41, 5.74) is 1.22. The van der Waals surface area contributed by atoms with Crippen molar-refractivity contribution in [2.45, 2.75) is 25.3 Å². The number of hydrogen-bond donors (Lipinski definition) is 1. The zero-order chi connectivity index (χ0) is 11.8. The highest BCUT2D eigenvalue weighted by atomic mass is 35.5. The van der Waals surface area contributed by atoms with E-state index < -0.39 is 0 Å². The molecule has 0 saturated carbocycles. The number of halogens is 1. The van der Waals surface area contributed by atoms with E-state index in [9.17, 15) is 5.11 Å². The van der Waals surface area contributed by atoms with Gasteiger partial charge in [0, 0.05) is 11.9 Å². The van der Waals surface area contributed by atoms with E-state index >= 15 is 0 Å². The third-order valence-electron chi connectivity index (χ3n) is 3.21. The van der Waals surface area contributed by atoms with Gasteiger partial charge < -0.3 is 9.67 Å². The number of nitrogens with zero attached hydrogens (tertiary/aromatic N) is 2. The summed E-state index contributed by atoms with van der Waals surface area (Å²) < 4.78 is 2.94. The number of aryl methyl sites for hydroxylation is 1. The fourth-order valence-electron chi connectivity index (χ4n) is 2.43. The van der Waals surface area contributed by atoms with Gasteiger partial charge in [-0.1, -0.05) is 11.6 Å². The Balaban J connectivity index is 2.09. The van der Waals surface area contributed by atoms with E-state index in [0.29, 0.717) is 0 Å². The van der Waals surface area contributed by atoms with Gasteiger partial charge in [-0.2, -0.15) is 0 Å². The summed E-state index contributed by atoms with van der Waals surface area (Å²) in [6.07, 6.45) is 5.11. The van der Waals surface area contributed by atoms with Crippen molar-refractivity contribution in [1.29, 1.82) is 0 Å². The number of imidazole rings is 1. The lowest BCUT2D eigenvalue weighted by molar-refractivity contribution is 0.208. The van der Waals surface area contributed by atoms with Crippen molar-refractivity contribution in [3.63, 3.8) is 0 Å². The summed E-state index contributed by atoms with van der Waals surface area (Å²) in [4.78, 5) is 5.55. The van der Waals surface area contributed by atoms with Crippen molar-refractivity contribution in [3.05, 3.63) is 28.4 Å². The average Bonchev–Trinajstić information content (AvgIpc) is 2.94. The Hall–Kier alpha value is -0.840. The molecule has 2 aromatic heterocycles. The molecule has 5 heteroatoms. The topological polar surface area (TPSA) is 38.1 Å².